The molecule has 0 saturated carbocycles. The Balaban J connectivity index is 1.63. The number of rotatable bonds is 6. The Labute approximate surface area is 154 Å². The van der Waals surface area contributed by atoms with Crippen LogP contribution in [-0.2, 0) is 14.8 Å². The molecule has 3 aromatic rings. The van der Waals surface area contributed by atoms with Gasteiger partial charge in [-0.3, -0.25) is 9.52 Å². The quantitative estimate of drug-likeness (QED) is 0.628. The number of nitrogens with one attached hydrogen (secondary N) is 2. The summed E-state index contributed by atoms with van der Waals surface area (Å²) >= 11 is 1.19. The topological polar surface area (TPSA) is 101 Å². The van der Waals surface area contributed by atoms with Crippen molar-refractivity contribution in [1.29, 1.82) is 0 Å². The van der Waals surface area contributed by atoms with Crippen LogP contribution < -0.4 is 10.0 Å². The summed E-state index contributed by atoms with van der Waals surface area (Å²) in [6.07, 6.45) is 4.41. The van der Waals surface area contributed by atoms with Gasteiger partial charge in [-0.15, -0.1) is 11.3 Å². The van der Waals surface area contributed by atoms with E-state index in [1.807, 2.05) is 6.92 Å². The van der Waals surface area contributed by atoms with Gasteiger partial charge >= 0.3 is 0 Å². The Morgan fingerprint density at radius 1 is 1.19 bits per heavy atom. The summed E-state index contributed by atoms with van der Waals surface area (Å²) in [5.41, 5.74) is 0.475. The third-order valence-corrected chi connectivity index (χ3v) is 5.42. The number of benzene rings is 1. The van der Waals surface area contributed by atoms with Crippen LogP contribution in [0.15, 0.2) is 63.4 Å². The number of sulfonamides is 1. The third-order valence-electron chi connectivity index (χ3n) is 3.25. The van der Waals surface area contributed by atoms with Gasteiger partial charge in [-0.05, 0) is 49.4 Å². The SMILES string of the molecule is Cc1ccc(C=CC(=O)Nc2ccc(S(=O)(=O)Nc3nccs3)cc2)o1. The predicted molar refractivity (Wildman–Crippen MR) is 100 cm³/mol. The second-order valence-corrected chi connectivity index (χ2v) is 7.82. The van der Waals surface area contributed by atoms with E-state index in [0.717, 1.165) is 5.76 Å². The Morgan fingerprint density at radius 3 is 2.58 bits per heavy atom. The standard InChI is InChI=1S/C17H15N3O4S2/c1-12-2-5-14(24-12)6-9-16(21)19-13-3-7-15(8-4-13)26(22,23)20-17-18-10-11-25-17/h2-11H,1H3,(H,18,20)(H,19,21). The maximum Gasteiger partial charge on any atom is 0.263 e. The summed E-state index contributed by atoms with van der Waals surface area (Å²) < 4.78 is 32.2. The molecule has 0 aliphatic carbocycles. The highest BCUT2D eigenvalue weighted by Gasteiger charge is 2.15. The molecule has 1 aromatic carbocycles. The van der Waals surface area contributed by atoms with E-state index in [1.165, 1.54) is 47.9 Å². The smallest absolute Gasteiger partial charge is 0.263 e. The number of nitrogens with zero attached hydrogens (tertiary/aromatic N) is 1. The zero-order valence-electron chi connectivity index (χ0n) is 13.7. The normalized spacial score (nSPS) is 11.6. The van der Waals surface area contributed by atoms with Gasteiger partial charge in [-0.2, -0.15) is 0 Å². The van der Waals surface area contributed by atoms with Crippen molar-refractivity contribution in [3.8, 4) is 0 Å². The molecule has 9 heteroatoms. The third kappa shape index (κ3) is 4.58. The van der Waals surface area contributed by atoms with Gasteiger partial charge in [0.05, 0.1) is 4.90 Å². The molecule has 1 amide bonds. The molecule has 0 atom stereocenters. The van der Waals surface area contributed by atoms with Crippen LogP contribution in [0.25, 0.3) is 6.08 Å². The van der Waals surface area contributed by atoms with Crippen LogP contribution in [0, 0.1) is 6.92 Å². The lowest BCUT2D eigenvalue weighted by molar-refractivity contribution is -0.111. The van der Waals surface area contributed by atoms with Crippen LogP contribution in [-0.4, -0.2) is 19.3 Å². The van der Waals surface area contributed by atoms with Crippen LogP contribution >= 0.6 is 11.3 Å². The van der Waals surface area contributed by atoms with Gasteiger partial charge in [-0.25, -0.2) is 13.4 Å². The van der Waals surface area contributed by atoms with Gasteiger partial charge in [0.2, 0.25) is 5.91 Å². The number of thiazole rings is 1. The Bertz CT molecular complexity index is 1020. The first kappa shape index (κ1) is 17.9. The zero-order chi connectivity index (χ0) is 18.6. The summed E-state index contributed by atoms with van der Waals surface area (Å²) in [7, 11) is -3.71. The minimum atomic E-state index is -3.71. The molecule has 3 rings (SSSR count). The summed E-state index contributed by atoms with van der Waals surface area (Å²) in [5.74, 6) is 0.983. The summed E-state index contributed by atoms with van der Waals surface area (Å²) in [4.78, 5) is 15.9. The minimum absolute atomic E-state index is 0.0762. The van der Waals surface area contributed by atoms with E-state index in [4.69, 9.17) is 4.42 Å². The van der Waals surface area contributed by atoms with E-state index in [-0.39, 0.29) is 10.8 Å². The number of aryl methyl sites for hydroxylation is 1. The molecule has 2 aromatic heterocycles. The van der Waals surface area contributed by atoms with Crippen molar-refractivity contribution in [1.82, 2.24) is 4.98 Å². The largest absolute Gasteiger partial charge is 0.462 e. The molecule has 134 valence electrons. The number of anilines is 2. The number of aromatic nitrogens is 1. The van der Waals surface area contributed by atoms with Crippen LogP contribution in [0.4, 0.5) is 10.8 Å². The van der Waals surface area contributed by atoms with Gasteiger partial charge in [-0.1, -0.05) is 0 Å². The maximum atomic E-state index is 12.2. The highest BCUT2D eigenvalue weighted by molar-refractivity contribution is 7.93. The van der Waals surface area contributed by atoms with Gasteiger partial charge in [0.1, 0.15) is 11.5 Å². The highest BCUT2D eigenvalue weighted by atomic mass is 32.2. The van der Waals surface area contributed by atoms with E-state index in [1.54, 1.807) is 23.6 Å². The predicted octanol–water partition coefficient (Wildman–Crippen LogP) is 3.50. The Kier molecular flexibility index (Phi) is 5.19. The van der Waals surface area contributed by atoms with Crippen molar-refractivity contribution in [3.63, 3.8) is 0 Å². The summed E-state index contributed by atoms with van der Waals surface area (Å²) in [6.45, 7) is 1.82. The van der Waals surface area contributed by atoms with E-state index >= 15 is 0 Å². The molecule has 0 spiro atoms. The van der Waals surface area contributed by atoms with E-state index in [2.05, 4.69) is 15.0 Å². The second-order valence-electron chi connectivity index (χ2n) is 5.24. The zero-order valence-corrected chi connectivity index (χ0v) is 15.3. The van der Waals surface area contributed by atoms with E-state index < -0.39 is 10.0 Å². The van der Waals surface area contributed by atoms with Gasteiger partial charge in [0.25, 0.3) is 10.0 Å². The van der Waals surface area contributed by atoms with Crippen LogP contribution in [0.5, 0.6) is 0 Å². The molecule has 2 N–H and O–H groups in total. The Morgan fingerprint density at radius 2 is 1.96 bits per heavy atom. The number of amides is 1. The van der Waals surface area contributed by atoms with Crippen LogP contribution in [0.1, 0.15) is 11.5 Å². The van der Waals surface area contributed by atoms with Gasteiger partial charge in [0, 0.05) is 23.3 Å². The number of hydrogen-bond donors (Lipinski definition) is 2. The summed E-state index contributed by atoms with van der Waals surface area (Å²) in [5, 5.41) is 4.62. The molecular formula is C17H15N3O4S2. The molecule has 0 aliphatic rings. The molecule has 0 saturated heterocycles. The van der Waals surface area contributed by atoms with Crippen molar-refractivity contribution in [3.05, 3.63) is 65.6 Å². The van der Waals surface area contributed by atoms with Crippen LogP contribution in [0.3, 0.4) is 0 Å². The fraction of sp³-hybridized carbons (Fsp3) is 0.0588. The van der Waals surface area contributed by atoms with Gasteiger partial charge in [0.15, 0.2) is 5.13 Å². The molecular weight excluding hydrogens is 374 g/mol. The van der Waals surface area contributed by atoms with Crippen molar-refractivity contribution < 1.29 is 17.6 Å². The molecule has 7 nitrogen and oxygen atoms in total. The van der Waals surface area contributed by atoms with Crippen molar-refractivity contribution >= 4 is 44.2 Å². The highest BCUT2D eigenvalue weighted by Crippen LogP contribution is 2.19. The molecule has 0 bridgehead atoms. The molecule has 0 fully saturated rings. The lowest BCUT2D eigenvalue weighted by Crippen LogP contribution is -2.13. The van der Waals surface area contributed by atoms with Crippen molar-refractivity contribution in [2.45, 2.75) is 11.8 Å². The van der Waals surface area contributed by atoms with E-state index in [0.29, 0.717) is 16.6 Å². The lowest BCUT2D eigenvalue weighted by Gasteiger charge is -2.07. The molecule has 0 aliphatic heterocycles. The molecule has 2 heterocycles. The first-order valence-electron chi connectivity index (χ1n) is 7.50. The van der Waals surface area contributed by atoms with Gasteiger partial charge < -0.3 is 9.73 Å². The first-order chi connectivity index (χ1) is 12.4. The average molecular weight is 389 g/mol. The number of furan rings is 1. The Hall–Kier alpha value is -2.91. The average Bonchev–Trinajstić information content (AvgIpc) is 3.25. The van der Waals surface area contributed by atoms with Crippen molar-refractivity contribution in [2.75, 3.05) is 10.0 Å². The first-order valence-corrected chi connectivity index (χ1v) is 9.86. The molecule has 0 unspecified atom stereocenters. The van der Waals surface area contributed by atoms with E-state index in [9.17, 15) is 13.2 Å². The fourth-order valence-electron chi connectivity index (χ4n) is 2.05. The fourth-order valence-corrected chi connectivity index (χ4v) is 3.84. The minimum Gasteiger partial charge on any atom is -0.462 e. The lowest BCUT2D eigenvalue weighted by atomic mass is 10.3. The summed E-state index contributed by atoms with van der Waals surface area (Å²) in [6, 6.07) is 9.40. The molecule has 0 radical (unpaired) electrons. The number of carbonyl (C=O) groups excluding carboxylic acids is 1. The monoisotopic (exact) mass is 389 g/mol. The number of hydrogen-bond acceptors (Lipinski definition) is 6. The van der Waals surface area contributed by atoms with Crippen LogP contribution in [0.2, 0.25) is 0 Å². The maximum absolute atomic E-state index is 12.2. The second kappa shape index (κ2) is 7.54. The number of carbonyl (C=O) groups is 1. The van der Waals surface area contributed by atoms with Crippen molar-refractivity contribution in [2.24, 2.45) is 0 Å². The molecule has 26 heavy (non-hydrogen) atoms.